The minimum absolute atomic E-state index is 0.0105. The molecule has 10 nitrogen and oxygen atoms in total. The second-order valence-corrected chi connectivity index (χ2v) is 11.3. The van der Waals surface area contributed by atoms with Gasteiger partial charge in [0.05, 0.1) is 46.1 Å². The molecule has 0 saturated heterocycles. The van der Waals surface area contributed by atoms with Gasteiger partial charge in [-0.15, -0.1) is 0 Å². The Bertz CT molecular complexity index is 819. The van der Waals surface area contributed by atoms with Gasteiger partial charge in [-0.3, -0.25) is 14.3 Å². The normalized spacial score (nSPS) is 12.1. The van der Waals surface area contributed by atoms with Crippen molar-refractivity contribution in [2.45, 2.75) is 25.7 Å². The third-order valence-corrected chi connectivity index (χ3v) is 6.74. The molecule has 1 atom stereocenters. The molecule has 0 bridgehead atoms. The molecule has 3 N–H and O–H groups in total. The second-order valence-electron chi connectivity index (χ2n) is 8.36. The Balaban J connectivity index is 2.26. The van der Waals surface area contributed by atoms with Crippen molar-refractivity contribution in [3.8, 4) is 5.75 Å². The fourth-order valence-corrected chi connectivity index (χ4v) is 4.39. The van der Waals surface area contributed by atoms with Crippen molar-refractivity contribution in [1.29, 1.82) is 0 Å². The molecule has 0 radical (unpaired) electrons. The molecule has 2 amide bonds. The molecular formula is C26H43N3O7S3. The van der Waals surface area contributed by atoms with E-state index in [2.05, 4.69) is 42.0 Å². The van der Waals surface area contributed by atoms with Crippen molar-refractivity contribution < 1.29 is 33.3 Å². The minimum Gasteiger partial charge on any atom is -0.490 e. The van der Waals surface area contributed by atoms with Crippen molar-refractivity contribution >= 4 is 51.9 Å². The molecule has 13 heteroatoms. The Morgan fingerprint density at radius 3 is 2.54 bits per heavy atom. The Morgan fingerprint density at radius 1 is 1.03 bits per heavy atom. The highest BCUT2D eigenvalue weighted by Crippen LogP contribution is 2.26. The molecule has 1 aromatic rings. The topological polar surface area (TPSA) is 116 Å². The van der Waals surface area contributed by atoms with Gasteiger partial charge in [0.2, 0.25) is 11.8 Å². The number of allylic oxidation sites excluding steroid dienone is 1. The number of anilines is 1. The van der Waals surface area contributed by atoms with Crippen LogP contribution in [-0.4, -0.2) is 89.5 Å². The van der Waals surface area contributed by atoms with Crippen LogP contribution in [0.2, 0.25) is 0 Å². The smallest absolute Gasteiger partial charge is 0.246 e. The SMILES string of the molecule is CSS[C@H](COc1cccc(NC(=O)CCOCCOCCNS)c1)OCCOCC(=O)NC/C=C/C(C)C. The monoisotopic (exact) mass is 605 g/mol. The first-order valence-corrected chi connectivity index (χ1v) is 15.9. The first-order chi connectivity index (χ1) is 18.9. The van der Waals surface area contributed by atoms with Crippen LogP contribution < -0.4 is 20.1 Å². The molecule has 0 aromatic heterocycles. The second kappa shape index (κ2) is 24.4. The van der Waals surface area contributed by atoms with E-state index in [0.29, 0.717) is 76.7 Å². The number of rotatable bonds is 24. The Kier molecular flexibility index (Phi) is 22.2. The van der Waals surface area contributed by atoms with E-state index in [4.69, 9.17) is 23.7 Å². The molecule has 1 aromatic carbocycles. The molecule has 0 saturated carbocycles. The maximum Gasteiger partial charge on any atom is 0.246 e. The van der Waals surface area contributed by atoms with Gasteiger partial charge in [0.15, 0.2) is 0 Å². The average molecular weight is 606 g/mol. The molecule has 0 heterocycles. The lowest BCUT2D eigenvalue weighted by molar-refractivity contribution is -0.126. The zero-order valence-corrected chi connectivity index (χ0v) is 25.5. The van der Waals surface area contributed by atoms with E-state index in [-0.39, 0.29) is 30.3 Å². The summed E-state index contributed by atoms with van der Waals surface area (Å²) < 4.78 is 30.6. The molecule has 0 aliphatic rings. The highest BCUT2D eigenvalue weighted by atomic mass is 33.1. The van der Waals surface area contributed by atoms with Gasteiger partial charge in [-0.25, -0.2) is 0 Å². The lowest BCUT2D eigenvalue weighted by Gasteiger charge is -2.17. The maximum atomic E-state index is 12.2. The van der Waals surface area contributed by atoms with Crippen LogP contribution in [0.15, 0.2) is 36.4 Å². The van der Waals surface area contributed by atoms with Crippen molar-refractivity contribution in [3.05, 3.63) is 36.4 Å². The van der Waals surface area contributed by atoms with Gasteiger partial charge in [0.25, 0.3) is 0 Å². The summed E-state index contributed by atoms with van der Waals surface area (Å²) in [6.45, 7) is 8.01. The quantitative estimate of drug-likeness (QED) is 0.0458. The minimum atomic E-state index is -0.230. The highest BCUT2D eigenvalue weighted by Gasteiger charge is 2.12. The first-order valence-electron chi connectivity index (χ1n) is 12.8. The Labute approximate surface area is 246 Å². The summed E-state index contributed by atoms with van der Waals surface area (Å²) in [6.07, 6.45) is 6.17. The standard InChI is InChI=1S/C26H43N3O7S3/c1-21(2)6-5-10-27-25(31)19-34-16-17-35-26(39-38-3)20-36-23-8-4-7-22(18-23)29-24(30)9-12-32-14-15-33-13-11-28-37/h4-8,18,21,26,28,37H,9-17,19-20H2,1-3H3,(H,27,31)(H,29,30)/b6-5+/t26-/m1/s1. The third kappa shape index (κ3) is 21.0. The number of nitrogens with one attached hydrogen (secondary N) is 3. The predicted molar refractivity (Wildman–Crippen MR) is 162 cm³/mol. The van der Waals surface area contributed by atoms with E-state index >= 15 is 0 Å². The van der Waals surface area contributed by atoms with Crippen LogP contribution in [0.3, 0.4) is 0 Å². The van der Waals surface area contributed by atoms with Gasteiger partial charge in [-0.05, 0) is 24.3 Å². The number of amides is 2. The van der Waals surface area contributed by atoms with E-state index in [1.165, 1.54) is 10.8 Å². The summed E-state index contributed by atoms with van der Waals surface area (Å²) in [4.78, 5) is 24.0. The van der Waals surface area contributed by atoms with Crippen molar-refractivity contribution in [3.63, 3.8) is 0 Å². The van der Waals surface area contributed by atoms with Crippen LogP contribution >= 0.6 is 34.4 Å². The Hall–Kier alpha value is -1.45. The van der Waals surface area contributed by atoms with Gasteiger partial charge in [-0.1, -0.05) is 66.5 Å². The average Bonchev–Trinajstić information content (AvgIpc) is 2.91. The van der Waals surface area contributed by atoms with Crippen LogP contribution in [0.5, 0.6) is 5.75 Å². The number of benzene rings is 1. The van der Waals surface area contributed by atoms with Crippen LogP contribution in [0.25, 0.3) is 0 Å². The van der Waals surface area contributed by atoms with Crippen LogP contribution in [0, 0.1) is 5.92 Å². The van der Waals surface area contributed by atoms with Gasteiger partial charge in [0, 0.05) is 24.8 Å². The van der Waals surface area contributed by atoms with E-state index in [9.17, 15) is 9.59 Å². The van der Waals surface area contributed by atoms with Gasteiger partial charge < -0.3 is 34.3 Å². The summed E-state index contributed by atoms with van der Waals surface area (Å²) in [5.41, 5.74) is 0.411. The molecule has 0 unspecified atom stereocenters. The van der Waals surface area contributed by atoms with Gasteiger partial charge >= 0.3 is 0 Å². The summed E-state index contributed by atoms with van der Waals surface area (Å²) in [7, 11) is 3.11. The lowest BCUT2D eigenvalue weighted by atomic mass is 10.2. The zero-order valence-electron chi connectivity index (χ0n) is 23.0. The predicted octanol–water partition coefficient (Wildman–Crippen LogP) is 3.56. The molecule has 0 aliphatic heterocycles. The van der Waals surface area contributed by atoms with Crippen LogP contribution in [-0.2, 0) is 28.5 Å². The van der Waals surface area contributed by atoms with E-state index in [1.54, 1.807) is 22.9 Å². The molecule has 0 spiro atoms. The maximum absolute atomic E-state index is 12.2. The largest absolute Gasteiger partial charge is 0.490 e. The number of thiol groups is 1. The van der Waals surface area contributed by atoms with Crippen LogP contribution in [0.1, 0.15) is 20.3 Å². The van der Waals surface area contributed by atoms with Gasteiger partial charge in [-0.2, -0.15) is 0 Å². The lowest BCUT2D eigenvalue weighted by Crippen LogP contribution is -2.28. The van der Waals surface area contributed by atoms with E-state index in [0.717, 1.165) is 0 Å². The summed E-state index contributed by atoms with van der Waals surface area (Å²) in [5, 5.41) is 5.63. The summed E-state index contributed by atoms with van der Waals surface area (Å²) in [6, 6.07) is 7.20. The van der Waals surface area contributed by atoms with Crippen molar-refractivity contribution in [1.82, 2.24) is 10.0 Å². The zero-order chi connectivity index (χ0) is 28.6. The summed E-state index contributed by atoms with van der Waals surface area (Å²) >= 11 is 3.88. The highest BCUT2D eigenvalue weighted by molar-refractivity contribution is 8.76. The van der Waals surface area contributed by atoms with Crippen molar-refractivity contribution in [2.75, 3.05) is 77.5 Å². The third-order valence-electron chi connectivity index (χ3n) is 4.61. The summed E-state index contributed by atoms with van der Waals surface area (Å²) in [5.74, 6) is 0.762. The number of hydrogen-bond donors (Lipinski definition) is 4. The number of ether oxygens (including phenoxy) is 5. The fraction of sp³-hybridized carbons (Fsp3) is 0.615. The Morgan fingerprint density at radius 2 is 1.79 bits per heavy atom. The molecule has 39 heavy (non-hydrogen) atoms. The first kappa shape index (κ1) is 35.6. The number of hydrogen-bond acceptors (Lipinski definition) is 11. The molecule has 1 rings (SSSR count). The number of carbonyl (C=O) groups excluding carboxylic acids is 2. The molecular weight excluding hydrogens is 563 g/mol. The van der Waals surface area contributed by atoms with E-state index < -0.39 is 0 Å². The number of carbonyl (C=O) groups is 2. The van der Waals surface area contributed by atoms with E-state index in [1.807, 2.05) is 30.5 Å². The molecule has 0 aliphatic carbocycles. The molecule has 0 fully saturated rings. The fourth-order valence-electron chi connectivity index (χ4n) is 2.83. The van der Waals surface area contributed by atoms with Crippen molar-refractivity contribution in [2.24, 2.45) is 5.92 Å². The van der Waals surface area contributed by atoms with Gasteiger partial charge in [0.1, 0.15) is 24.4 Å². The van der Waals surface area contributed by atoms with Crippen LogP contribution in [0.4, 0.5) is 5.69 Å². The molecule has 222 valence electrons.